The van der Waals surface area contributed by atoms with Gasteiger partial charge in [-0.3, -0.25) is 14.6 Å². The van der Waals surface area contributed by atoms with Gasteiger partial charge in [0.15, 0.2) is 0 Å². The van der Waals surface area contributed by atoms with E-state index in [0.29, 0.717) is 36.8 Å². The number of aromatic amines is 1. The first-order valence-corrected chi connectivity index (χ1v) is 11.3. The zero-order valence-corrected chi connectivity index (χ0v) is 18.8. The summed E-state index contributed by atoms with van der Waals surface area (Å²) in [6.07, 6.45) is 0.593. The minimum atomic E-state index is -0.443. The van der Waals surface area contributed by atoms with Crippen LogP contribution in [0.15, 0.2) is 4.79 Å². The number of aliphatic hydroxyl groups excluding tert-OH is 1. The molecule has 0 bridgehead atoms. The van der Waals surface area contributed by atoms with E-state index in [1.807, 2.05) is 13.8 Å². The second-order valence-electron chi connectivity index (χ2n) is 8.46. The fourth-order valence-corrected chi connectivity index (χ4v) is 4.75. The van der Waals surface area contributed by atoms with Crippen LogP contribution in [0.2, 0.25) is 0 Å². The molecule has 1 atom stereocenters. The first-order chi connectivity index (χ1) is 13.8. The summed E-state index contributed by atoms with van der Waals surface area (Å²) in [5.74, 6) is 1.25. The number of hydrogen-bond donors (Lipinski definition) is 2. The van der Waals surface area contributed by atoms with Crippen molar-refractivity contribution in [1.29, 1.82) is 0 Å². The van der Waals surface area contributed by atoms with Gasteiger partial charge in [-0.25, -0.2) is 4.98 Å². The normalized spacial score (nSPS) is 16.9. The molecule has 0 amide bonds. The molecule has 29 heavy (non-hydrogen) atoms. The Kier molecular flexibility index (Phi) is 7.81. The molecule has 2 aromatic rings. The molecule has 162 valence electrons. The van der Waals surface area contributed by atoms with Crippen LogP contribution in [0.1, 0.15) is 36.5 Å². The number of hydrogen-bond acceptors (Lipinski definition) is 7. The van der Waals surface area contributed by atoms with Crippen LogP contribution in [0.5, 0.6) is 0 Å². The number of β-amino-alcohol motifs (C(OH)–C–C–N with tert-alkyl or cyclic N) is 1. The fourth-order valence-electron chi connectivity index (χ4n) is 3.70. The number of morpholine rings is 1. The molecule has 0 radical (unpaired) electrons. The summed E-state index contributed by atoms with van der Waals surface area (Å²) in [6.45, 7) is 14.2. The Labute approximate surface area is 176 Å². The van der Waals surface area contributed by atoms with Crippen LogP contribution in [-0.4, -0.2) is 76.9 Å². The Bertz CT molecular complexity index is 857. The molecule has 1 saturated heterocycles. The number of aryl methyl sites for hydroxylation is 2. The van der Waals surface area contributed by atoms with E-state index in [4.69, 9.17) is 9.72 Å². The maximum absolute atomic E-state index is 12.6. The van der Waals surface area contributed by atoms with Crippen LogP contribution >= 0.6 is 11.3 Å². The first kappa shape index (κ1) is 22.4. The standard InChI is InChI=1S/C21H34N4O3S/c1-14(2)5-6-25(12-17(26)11-24-7-9-28-10-8-24)13-18-22-20(27)19-15(3)16(4)29-21(19)23-18/h14,17,26H,5-13H2,1-4H3,(H,22,23,27). The van der Waals surface area contributed by atoms with E-state index in [1.54, 1.807) is 11.3 Å². The third-order valence-corrected chi connectivity index (χ3v) is 6.63. The second-order valence-corrected chi connectivity index (χ2v) is 9.66. The summed E-state index contributed by atoms with van der Waals surface area (Å²) in [5.41, 5.74) is 0.951. The summed E-state index contributed by atoms with van der Waals surface area (Å²) in [7, 11) is 0. The summed E-state index contributed by atoms with van der Waals surface area (Å²) >= 11 is 1.57. The van der Waals surface area contributed by atoms with Crippen molar-refractivity contribution >= 4 is 21.6 Å². The molecule has 8 heteroatoms. The van der Waals surface area contributed by atoms with Crippen molar-refractivity contribution in [3.63, 3.8) is 0 Å². The van der Waals surface area contributed by atoms with Crippen molar-refractivity contribution in [3.8, 4) is 0 Å². The highest BCUT2D eigenvalue weighted by molar-refractivity contribution is 7.18. The minimum absolute atomic E-state index is 0.0653. The Balaban J connectivity index is 1.70. The number of ether oxygens (including phenoxy) is 1. The molecule has 0 saturated carbocycles. The number of H-pyrrole nitrogens is 1. The SMILES string of the molecule is Cc1sc2nc(CN(CCC(C)C)CC(O)CN3CCOCC3)[nH]c(=O)c2c1C. The summed E-state index contributed by atoms with van der Waals surface area (Å²) in [5, 5.41) is 11.4. The smallest absolute Gasteiger partial charge is 0.259 e. The zero-order valence-electron chi connectivity index (χ0n) is 18.0. The summed E-state index contributed by atoms with van der Waals surface area (Å²) in [6, 6.07) is 0. The van der Waals surface area contributed by atoms with E-state index >= 15 is 0 Å². The largest absolute Gasteiger partial charge is 0.390 e. The first-order valence-electron chi connectivity index (χ1n) is 10.5. The van der Waals surface area contributed by atoms with Crippen molar-refractivity contribution < 1.29 is 9.84 Å². The lowest BCUT2D eigenvalue weighted by Gasteiger charge is -2.31. The third kappa shape index (κ3) is 6.08. The Morgan fingerprint density at radius 1 is 1.31 bits per heavy atom. The van der Waals surface area contributed by atoms with E-state index < -0.39 is 6.10 Å². The molecule has 1 aliphatic rings. The zero-order chi connectivity index (χ0) is 21.0. The Morgan fingerprint density at radius 3 is 2.72 bits per heavy atom. The molecule has 3 heterocycles. The van der Waals surface area contributed by atoms with Gasteiger partial charge in [-0.2, -0.15) is 0 Å². The molecule has 0 aliphatic carbocycles. The third-order valence-electron chi connectivity index (χ3n) is 5.53. The van der Waals surface area contributed by atoms with E-state index in [2.05, 4.69) is 28.6 Å². The van der Waals surface area contributed by atoms with Gasteiger partial charge in [0.2, 0.25) is 0 Å². The van der Waals surface area contributed by atoms with E-state index in [-0.39, 0.29) is 5.56 Å². The maximum Gasteiger partial charge on any atom is 0.259 e. The van der Waals surface area contributed by atoms with Crippen LogP contribution in [0, 0.1) is 19.8 Å². The molecule has 3 rings (SSSR count). The molecule has 2 N–H and O–H groups in total. The fraction of sp³-hybridized carbons (Fsp3) is 0.714. The average Bonchev–Trinajstić information content (AvgIpc) is 2.94. The van der Waals surface area contributed by atoms with Gasteiger partial charge in [-0.1, -0.05) is 13.8 Å². The molecule has 1 unspecified atom stereocenters. The number of aromatic nitrogens is 2. The highest BCUT2D eigenvalue weighted by Gasteiger charge is 2.19. The van der Waals surface area contributed by atoms with Gasteiger partial charge in [-0.05, 0) is 38.3 Å². The van der Waals surface area contributed by atoms with Gasteiger partial charge < -0.3 is 14.8 Å². The molecule has 0 aromatic carbocycles. The lowest BCUT2D eigenvalue weighted by molar-refractivity contribution is 0.00576. The quantitative estimate of drug-likeness (QED) is 0.644. The number of thiophene rings is 1. The molecular formula is C21H34N4O3S. The van der Waals surface area contributed by atoms with Crippen LogP contribution in [-0.2, 0) is 11.3 Å². The van der Waals surface area contributed by atoms with Crippen molar-refractivity contribution in [2.24, 2.45) is 5.92 Å². The van der Waals surface area contributed by atoms with Gasteiger partial charge >= 0.3 is 0 Å². The van der Waals surface area contributed by atoms with Gasteiger partial charge in [0.1, 0.15) is 10.7 Å². The molecule has 0 spiro atoms. The van der Waals surface area contributed by atoms with Crippen LogP contribution in [0.25, 0.3) is 10.2 Å². The van der Waals surface area contributed by atoms with E-state index in [1.165, 1.54) is 0 Å². The predicted molar refractivity (Wildman–Crippen MR) is 118 cm³/mol. The van der Waals surface area contributed by atoms with E-state index in [9.17, 15) is 9.90 Å². The highest BCUT2D eigenvalue weighted by Crippen LogP contribution is 2.25. The Hall–Kier alpha value is -1.32. The van der Waals surface area contributed by atoms with E-state index in [0.717, 1.165) is 54.5 Å². The second kappa shape index (κ2) is 10.1. The molecule has 2 aromatic heterocycles. The number of fused-ring (bicyclic) bond motifs is 1. The van der Waals surface area contributed by atoms with Crippen LogP contribution < -0.4 is 5.56 Å². The number of nitrogens with zero attached hydrogens (tertiary/aromatic N) is 3. The lowest BCUT2D eigenvalue weighted by atomic mass is 10.1. The predicted octanol–water partition coefficient (Wildman–Crippen LogP) is 2.14. The monoisotopic (exact) mass is 422 g/mol. The maximum atomic E-state index is 12.6. The van der Waals surface area contributed by atoms with Gasteiger partial charge in [-0.15, -0.1) is 11.3 Å². The average molecular weight is 423 g/mol. The molecule has 1 fully saturated rings. The molecule has 1 aliphatic heterocycles. The summed E-state index contributed by atoms with van der Waals surface area (Å²) in [4.78, 5) is 26.7. The number of aliphatic hydroxyl groups is 1. The number of nitrogens with one attached hydrogen (secondary N) is 1. The molecular weight excluding hydrogens is 388 g/mol. The van der Waals surface area contributed by atoms with Crippen LogP contribution in [0.4, 0.5) is 0 Å². The topological polar surface area (TPSA) is 81.7 Å². The molecule has 7 nitrogen and oxygen atoms in total. The van der Waals surface area contributed by atoms with Gasteiger partial charge in [0, 0.05) is 31.1 Å². The van der Waals surface area contributed by atoms with Crippen molar-refractivity contribution in [3.05, 3.63) is 26.6 Å². The van der Waals surface area contributed by atoms with Gasteiger partial charge in [0.25, 0.3) is 5.56 Å². The lowest BCUT2D eigenvalue weighted by Crippen LogP contribution is -2.45. The minimum Gasteiger partial charge on any atom is -0.390 e. The van der Waals surface area contributed by atoms with Crippen molar-refractivity contribution in [1.82, 2.24) is 19.8 Å². The Morgan fingerprint density at radius 2 is 2.03 bits per heavy atom. The highest BCUT2D eigenvalue weighted by atomic mass is 32.1. The number of rotatable bonds is 9. The van der Waals surface area contributed by atoms with Gasteiger partial charge in [0.05, 0.1) is 31.2 Å². The summed E-state index contributed by atoms with van der Waals surface area (Å²) < 4.78 is 5.39. The van der Waals surface area contributed by atoms with Crippen molar-refractivity contribution in [2.75, 3.05) is 45.9 Å². The van der Waals surface area contributed by atoms with Crippen molar-refractivity contribution in [2.45, 2.75) is 46.8 Å². The van der Waals surface area contributed by atoms with Crippen LogP contribution in [0.3, 0.4) is 0 Å².